The summed E-state index contributed by atoms with van der Waals surface area (Å²) in [4.78, 5) is 22.2. The number of amides is 1. The zero-order valence-corrected chi connectivity index (χ0v) is 13.2. The molecule has 0 heterocycles. The van der Waals surface area contributed by atoms with Gasteiger partial charge in [-0.3, -0.25) is 14.9 Å². The van der Waals surface area contributed by atoms with Gasteiger partial charge in [0.2, 0.25) is 0 Å². The van der Waals surface area contributed by atoms with Gasteiger partial charge < -0.3 is 15.8 Å². The molecule has 138 valence electrons. The Morgan fingerprint density at radius 3 is 2.42 bits per heavy atom. The number of nitrogens with zero attached hydrogens (tertiary/aromatic N) is 1. The molecule has 3 N–H and O–H groups in total. The Balaban J connectivity index is 1.95. The second-order valence-corrected chi connectivity index (χ2v) is 5.26. The summed E-state index contributed by atoms with van der Waals surface area (Å²) in [7, 11) is 0. The lowest BCUT2D eigenvalue weighted by atomic mass is 10.1. The van der Waals surface area contributed by atoms with Crippen molar-refractivity contribution in [2.45, 2.75) is 12.7 Å². The maximum Gasteiger partial charge on any atom is 0.422 e. The van der Waals surface area contributed by atoms with Gasteiger partial charge in [0.1, 0.15) is 11.4 Å². The van der Waals surface area contributed by atoms with E-state index in [2.05, 4.69) is 10.1 Å². The summed E-state index contributed by atoms with van der Waals surface area (Å²) in [6.45, 7) is -1.31. The average molecular weight is 369 g/mol. The quantitative estimate of drug-likeness (QED) is 0.462. The van der Waals surface area contributed by atoms with E-state index < -0.39 is 23.6 Å². The number of carbonyl (C=O) groups excluding carboxylic acids is 1. The second kappa shape index (κ2) is 7.72. The molecule has 2 aromatic carbocycles. The molecular formula is C16H14F3N3O4. The van der Waals surface area contributed by atoms with Crippen molar-refractivity contribution in [3.63, 3.8) is 0 Å². The van der Waals surface area contributed by atoms with E-state index in [0.717, 1.165) is 6.07 Å². The number of ether oxygens (including phenoxy) is 1. The molecular weight excluding hydrogens is 355 g/mol. The van der Waals surface area contributed by atoms with Crippen LogP contribution < -0.4 is 15.8 Å². The van der Waals surface area contributed by atoms with Crippen LogP contribution in [0.1, 0.15) is 15.9 Å². The van der Waals surface area contributed by atoms with Crippen molar-refractivity contribution in [1.29, 1.82) is 0 Å². The molecule has 10 heteroatoms. The lowest BCUT2D eigenvalue weighted by Crippen LogP contribution is -2.23. The van der Waals surface area contributed by atoms with Crippen LogP contribution in [0.15, 0.2) is 42.5 Å². The monoisotopic (exact) mass is 369 g/mol. The van der Waals surface area contributed by atoms with Crippen LogP contribution in [0.25, 0.3) is 0 Å². The Morgan fingerprint density at radius 1 is 1.19 bits per heavy atom. The number of nitrogen functional groups attached to an aromatic ring is 1. The SMILES string of the molecule is Nc1ccc(C(=O)NCc2ccc(OCC(F)(F)F)cc2)cc1[N+](=O)[O-]. The van der Waals surface area contributed by atoms with Crippen LogP contribution >= 0.6 is 0 Å². The van der Waals surface area contributed by atoms with Crippen molar-refractivity contribution < 1.29 is 27.6 Å². The van der Waals surface area contributed by atoms with E-state index in [1.54, 1.807) is 0 Å². The first-order chi connectivity index (χ1) is 12.2. The molecule has 0 fully saturated rings. The lowest BCUT2D eigenvalue weighted by molar-refractivity contribution is -0.383. The number of hydrogen-bond donors (Lipinski definition) is 2. The van der Waals surface area contributed by atoms with Crippen LogP contribution in [0.3, 0.4) is 0 Å². The number of rotatable bonds is 6. The van der Waals surface area contributed by atoms with Crippen molar-refractivity contribution in [2.75, 3.05) is 12.3 Å². The number of nitro groups is 1. The topological polar surface area (TPSA) is 107 Å². The molecule has 0 aromatic heterocycles. The Labute approximate surface area is 145 Å². The highest BCUT2D eigenvalue weighted by molar-refractivity contribution is 5.95. The number of carbonyl (C=O) groups is 1. The lowest BCUT2D eigenvalue weighted by Gasteiger charge is -2.10. The number of halogens is 3. The first-order valence-electron chi connectivity index (χ1n) is 7.26. The molecule has 0 aliphatic heterocycles. The molecule has 0 atom stereocenters. The van der Waals surface area contributed by atoms with Gasteiger partial charge in [-0.25, -0.2) is 0 Å². The van der Waals surface area contributed by atoms with Crippen molar-refractivity contribution in [2.24, 2.45) is 0 Å². The normalized spacial score (nSPS) is 11.0. The van der Waals surface area contributed by atoms with E-state index in [0.29, 0.717) is 5.56 Å². The summed E-state index contributed by atoms with van der Waals surface area (Å²) in [5.41, 5.74) is 5.72. The first-order valence-corrected chi connectivity index (χ1v) is 7.26. The average Bonchev–Trinajstić information content (AvgIpc) is 2.58. The van der Waals surface area contributed by atoms with Gasteiger partial charge in [0.25, 0.3) is 11.6 Å². The van der Waals surface area contributed by atoms with Crippen LogP contribution in [0.5, 0.6) is 5.75 Å². The molecule has 2 aromatic rings. The van der Waals surface area contributed by atoms with E-state index in [-0.39, 0.29) is 29.2 Å². The fourth-order valence-corrected chi connectivity index (χ4v) is 2.00. The summed E-state index contributed by atoms with van der Waals surface area (Å²) >= 11 is 0. The predicted octanol–water partition coefficient (Wildman–Crippen LogP) is 3.05. The van der Waals surface area contributed by atoms with Gasteiger partial charge in [-0.05, 0) is 29.8 Å². The Hall–Kier alpha value is -3.30. The van der Waals surface area contributed by atoms with Crippen LogP contribution in [0.4, 0.5) is 24.5 Å². The second-order valence-electron chi connectivity index (χ2n) is 5.26. The van der Waals surface area contributed by atoms with Crippen LogP contribution in [0, 0.1) is 10.1 Å². The maximum absolute atomic E-state index is 12.1. The molecule has 0 saturated carbocycles. The van der Waals surface area contributed by atoms with Crippen LogP contribution in [-0.2, 0) is 6.54 Å². The number of nitro benzene ring substituents is 1. The number of benzene rings is 2. The van der Waals surface area contributed by atoms with Gasteiger partial charge in [0.05, 0.1) is 4.92 Å². The number of anilines is 1. The Kier molecular flexibility index (Phi) is 5.65. The van der Waals surface area contributed by atoms with E-state index >= 15 is 0 Å². The van der Waals surface area contributed by atoms with Crippen molar-refractivity contribution in [3.8, 4) is 5.75 Å². The molecule has 0 spiro atoms. The van der Waals surface area contributed by atoms with Crippen LogP contribution in [0.2, 0.25) is 0 Å². The minimum atomic E-state index is -4.42. The molecule has 0 unspecified atom stereocenters. The van der Waals surface area contributed by atoms with Gasteiger partial charge >= 0.3 is 6.18 Å². The highest BCUT2D eigenvalue weighted by Crippen LogP contribution is 2.22. The molecule has 7 nitrogen and oxygen atoms in total. The molecule has 0 bridgehead atoms. The minimum Gasteiger partial charge on any atom is -0.484 e. The predicted molar refractivity (Wildman–Crippen MR) is 86.7 cm³/mol. The third kappa shape index (κ3) is 5.36. The van der Waals surface area contributed by atoms with Crippen molar-refractivity contribution >= 4 is 17.3 Å². The van der Waals surface area contributed by atoms with E-state index in [1.807, 2.05) is 0 Å². The summed E-state index contributed by atoms with van der Waals surface area (Å²) < 4.78 is 40.8. The highest BCUT2D eigenvalue weighted by Gasteiger charge is 2.28. The van der Waals surface area contributed by atoms with Crippen molar-refractivity contribution in [1.82, 2.24) is 5.32 Å². The molecule has 0 radical (unpaired) electrons. The number of alkyl halides is 3. The summed E-state index contributed by atoms with van der Waals surface area (Å²) in [5, 5.41) is 13.4. The van der Waals surface area contributed by atoms with Gasteiger partial charge in [-0.15, -0.1) is 0 Å². The third-order valence-corrected chi connectivity index (χ3v) is 3.27. The number of nitrogens with two attached hydrogens (primary N) is 1. The van der Waals surface area contributed by atoms with E-state index in [9.17, 15) is 28.1 Å². The van der Waals surface area contributed by atoms with Gasteiger partial charge in [0.15, 0.2) is 6.61 Å². The summed E-state index contributed by atoms with van der Waals surface area (Å²) in [6, 6.07) is 9.38. The van der Waals surface area contributed by atoms with Gasteiger partial charge in [-0.2, -0.15) is 13.2 Å². The molecule has 0 aliphatic carbocycles. The van der Waals surface area contributed by atoms with Gasteiger partial charge in [-0.1, -0.05) is 12.1 Å². The number of hydrogen-bond acceptors (Lipinski definition) is 5. The zero-order valence-electron chi connectivity index (χ0n) is 13.2. The van der Waals surface area contributed by atoms with E-state index in [4.69, 9.17) is 5.73 Å². The van der Waals surface area contributed by atoms with Crippen LogP contribution in [-0.4, -0.2) is 23.6 Å². The zero-order chi connectivity index (χ0) is 19.3. The Bertz CT molecular complexity index is 807. The third-order valence-electron chi connectivity index (χ3n) is 3.27. The smallest absolute Gasteiger partial charge is 0.422 e. The van der Waals surface area contributed by atoms with Crippen molar-refractivity contribution in [3.05, 3.63) is 63.7 Å². The molecule has 0 aliphatic rings. The van der Waals surface area contributed by atoms with E-state index in [1.165, 1.54) is 36.4 Å². The standard InChI is InChI=1S/C16H14F3N3O4/c17-16(18,19)9-26-12-4-1-10(2-5-12)8-21-15(23)11-3-6-13(20)14(7-11)22(24)25/h1-7H,8-9,20H2,(H,21,23). The summed E-state index contributed by atoms with van der Waals surface area (Å²) in [6.07, 6.45) is -4.42. The maximum atomic E-state index is 12.1. The molecule has 26 heavy (non-hydrogen) atoms. The first kappa shape index (κ1) is 19.0. The molecule has 0 saturated heterocycles. The summed E-state index contributed by atoms with van der Waals surface area (Å²) in [5.74, 6) is -0.503. The largest absolute Gasteiger partial charge is 0.484 e. The van der Waals surface area contributed by atoms with Gasteiger partial charge in [0, 0.05) is 18.2 Å². The number of nitrogens with one attached hydrogen (secondary N) is 1. The molecule has 2 rings (SSSR count). The minimum absolute atomic E-state index is 0.0477. The fraction of sp³-hybridized carbons (Fsp3) is 0.188. The Morgan fingerprint density at radius 2 is 1.85 bits per heavy atom. The fourth-order valence-electron chi connectivity index (χ4n) is 2.00. The highest BCUT2D eigenvalue weighted by atomic mass is 19.4. The molecule has 1 amide bonds.